The number of carbonyl (C=O) groups is 2. The summed E-state index contributed by atoms with van der Waals surface area (Å²) in [6, 6.07) is 11.5. The molecule has 33 heavy (non-hydrogen) atoms. The Morgan fingerprint density at radius 3 is 2.61 bits per heavy atom. The number of H-pyrrole nitrogens is 1. The van der Waals surface area contributed by atoms with Gasteiger partial charge >= 0.3 is 0 Å². The third-order valence-corrected chi connectivity index (χ3v) is 5.79. The second kappa shape index (κ2) is 8.46. The second-order valence-electron chi connectivity index (χ2n) is 8.27. The number of carbonyl (C=O) groups excluding carboxylic acids is 2. The Bertz CT molecular complexity index is 1340. The normalized spacial score (nSPS) is 14.1. The summed E-state index contributed by atoms with van der Waals surface area (Å²) in [6.45, 7) is 1.81. The lowest BCUT2D eigenvalue weighted by atomic mass is 10.0. The van der Waals surface area contributed by atoms with E-state index in [0.29, 0.717) is 11.1 Å². The Morgan fingerprint density at radius 2 is 1.88 bits per heavy atom. The van der Waals surface area contributed by atoms with Crippen LogP contribution in [-0.2, 0) is 4.79 Å². The molecule has 1 aliphatic carbocycles. The third kappa shape index (κ3) is 4.45. The first-order valence-corrected chi connectivity index (χ1v) is 10.8. The van der Waals surface area contributed by atoms with Crippen molar-refractivity contribution in [1.82, 2.24) is 20.3 Å². The van der Waals surface area contributed by atoms with Crippen molar-refractivity contribution < 1.29 is 14.0 Å². The fraction of sp³-hybridized carbons (Fsp3) is 0.200. The fourth-order valence-corrected chi connectivity index (χ4v) is 3.72. The molecule has 2 amide bonds. The lowest BCUT2D eigenvalue weighted by molar-refractivity contribution is -0.117. The van der Waals surface area contributed by atoms with Crippen LogP contribution in [0.25, 0.3) is 22.0 Å². The number of benzene rings is 2. The molecule has 0 aliphatic heterocycles. The summed E-state index contributed by atoms with van der Waals surface area (Å²) in [4.78, 5) is 36.5. The standard InChI is InChI=1S/C25H22FN5O2/c1-14(16-3-2-4-19(26)9-16)30-24(33)21-13-27-22-8-7-17(10-20(21)22)18-11-28-25(29-12-18)31-23(32)15-5-6-15/h2-4,7-15,27H,5-6H2,1H3,(H,30,33)(H,28,29,31,32). The predicted octanol–water partition coefficient (Wildman–Crippen LogP) is 4.60. The summed E-state index contributed by atoms with van der Waals surface area (Å²) in [5.74, 6) is -0.280. The van der Waals surface area contributed by atoms with E-state index in [2.05, 4.69) is 25.6 Å². The van der Waals surface area contributed by atoms with E-state index in [1.165, 1.54) is 12.1 Å². The highest BCUT2D eigenvalue weighted by Gasteiger charge is 2.30. The Balaban J connectivity index is 1.36. The van der Waals surface area contributed by atoms with E-state index in [0.717, 1.165) is 34.9 Å². The van der Waals surface area contributed by atoms with Crippen molar-refractivity contribution in [2.75, 3.05) is 5.32 Å². The van der Waals surface area contributed by atoms with Crippen LogP contribution < -0.4 is 10.6 Å². The number of nitrogens with zero attached hydrogens (tertiary/aromatic N) is 2. The minimum atomic E-state index is -0.354. The first-order valence-electron chi connectivity index (χ1n) is 10.8. The topological polar surface area (TPSA) is 99.8 Å². The average molecular weight is 443 g/mol. The van der Waals surface area contributed by atoms with Crippen molar-refractivity contribution in [2.24, 2.45) is 5.92 Å². The number of halogens is 1. The van der Waals surface area contributed by atoms with Gasteiger partial charge < -0.3 is 10.3 Å². The van der Waals surface area contributed by atoms with Crippen LogP contribution in [0.1, 0.15) is 41.7 Å². The van der Waals surface area contributed by atoms with Gasteiger partial charge in [0.1, 0.15) is 5.82 Å². The molecule has 2 aromatic heterocycles. The molecule has 8 heteroatoms. The highest BCUT2D eigenvalue weighted by molar-refractivity contribution is 6.07. The molecule has 0 radical (unpaired) electrons. The lowest BCUT2D eigenvalue weighted by Crippen LogP contribution is -2.26. The maximum absolute atomic E-state index is 13.5. The van der Waals surface area contributed by atoms with Crippen molar-refractivity contribution in [2.45, 2.75) is 25.8 Å². The number of rotatable bonds is 6. The third-order valence-electron chi connectivity index (χ3n) is 5.79. The number of fused-ring (bicyclic) bond motifs is 1. The molecule has 1 saturated carbocycles. The molecule has 5 rings (SSSR count). The highest BCUT2D eigenvalue weighted by atomic mass is 19.1. The maximum atomic E-state index is 13.5. The summed E-state index contributed by atoms with van der Waals surface area (Å²) in [6.07, 6.45) is 6.79. The van der Waals surface area contributed by atoms with Crippen molar-refractivity contribution in [3.8, 4) is 11.1 Å². The van der Waals surface area contributed by atoms with Gasteiger partial charge in [-0.1, -0.05) is 18.2 Å². The Morgan fingerprint density at radius 1 is 1.09 bits per heavy atom. The molecule has 1 aliphatic rings. The minimum absolute atomic E-state index is 0.0420. The van der Waals surface area contributed by atoms with Gasteiger partial charge in [-0.3, -0.25) is 14.9 Å². The monoisotopic (exact) mass is 443 g/mol. The summed E-state index contributed by atoms with van der Waals surface area (Å²) in [7, 11) is 0. The summed E-state index contributed by atoms with van der Waals surface area (Å²) in [5.41, 5.74) is 3.60. The molecule has 2 heterocycles. The quantitative estimate of drug-likeness (QED) is 0.405. The predicted molar refractivity (Wildman–Crippen MR) is 123 cm³/mol. The van der Waals surface area contributed by atoms with Crippen LogP contribution >= 0.6 is 0 Å². The van der Waals surface area contributed by atoms with E-state index in [1.807, 2.05) is 25.1 Å². The average Bonchev–Trinajstić information content (AvgIpc) is 3.58. The molecule has 1 atom stereocenters. The van der Waals surface area contributed by atoms with Gasteiger partial charge in [-0.15, -0.1) is 0 Å². The van der Waals surface area contributed by atoms with E-state index >= 15 is 0 Å². The van der Waals surface area contributed by atoms with Crippen molar-refractivity contribution in [1.29, 1.82) is 0 Å². The van der Waals surface area contributed by atoms with Gasteiger partial charge in [0, 0.05) is 41.0 Å². The van der Waals surface area contributed by atoms with Gasteiger partial charge in [0.25, 0.3) is 5.91 Å². The van der Waals surface area contributed by atoms with E-state index in [-0.39, 0.29) is 35.5 Å². The lowest BCUT2D eigenvalue weighted by Gasteiger charge is -2.14. The number of aromatic amines is 1. The molecule has 4 aromatic rings. The number of anilines is 1. The number of hydrogen-bond donors (Lipinski definition) is 3. The molecule has 0 bridgehead atoms. The minimum Gasteiger partial charge on any atom is -0.360 e. The number of nitrogens with one attached hydrogen (secondary N) is 3. The van der Waals surface area contributed by atoms with Gasteiger partial charge in [0.15, 0.2) is 0 Å². The zero-order valence-corrected chi connectivity index (χ0v) is 17.9. The van der Waals surface area contributed by atoms with E-state index < -0.39 is 0 Å². The first-order chi connectivity index (χ1) is 16.0. The zero-order chi connectivity index (χ0) is 22.9. The zero-order valence-electron chi connectivity index (χ0n) is 17.9. The van der Waals surface area contributed by atoms with Gasteiger partial charge in [-0.05, 0) is 55.2 Å². The van der Waals surface area contributed by atoms with E-state index in [1.54, 1.807) is 30.7 Å². The Labute approximate surface area is 189 Å². The first kappa shape index (κ1) is 20.8. The molecule has 1 fully saturated rings. The van der Waals surface area contributed by atoms with Gasteiger partial charge in [0.05, 0.1) is 11.6 Å². The molecule has 166 valence electrons. The number of aromatic nitrogens is 3. The molecule has 0 spiro atoms. The van der Waals surface area contributed by atoms with Crippen molar-refractivity contribution in [3.63, 3.8) is 0 Å². The van der Waals surface area contributed by atoms with Crippen molar-refractivity contribution in [3.05, 3.63) is 78.0 Å². The van der Waals surface area contributed by atoms with Crippen LogP contribution in [0.4, 0.5) is 10.3 Å². The van der Waals surface area contributed by atoms with E-state index in [9.17, 15) is 14.0 Å². The van der Waals surface area contributed by atoms with Gasteiger partial charge in [-0.25, -0.2) is 14.4 Å². The van der Waals surface area contributed by atoms with Crippen molar-refractivity contribution >= 4 is 28.7 Å². The SMILES string of the molecule is CC(NC(=O)c1c[nH]c2ccc(-c3cnc(NC(=O)C4CC4)nc3)cc12)c1cccc(F)c1. The largest absolute Gasteiger partial charge is 0.360 e. The second-order valence-corrected chi connectivity index (χ2v) is 8.27. The molecule has 2 aromatic carbocycles. The fourth-order valence-electron chi connectivity index (χ4n) is 3.72. The molecule has 0 saturated heterocycles. The molecule has 7 nitrogen and oxygen atoms in total. The molecular formula is C25H22FN5O2. The van der Waals surface area contributed by atoms with E-state index in [4.69, 9.17) is 0 Å². The number of amides is 2. The molecule has 1 unspecified atom stereocenters. The summed E-state index contributed by atoms with van der Waals surface area (Å²) in [5, 5.41) is 6.40. The van der Waals surface area contributed by atoms with Crippen LogP contribution in [-0.4, -0.2) is 26.8 Å². The number of hydrogen-bond acceptors (Lipinski definition) is 4. The summed E-state index contributed by atoms with van der Waals surface area (Å²) < 4.78 is 13.5. The Kier molecular flexibility index (Phi) is 5.34. The van der Waals surface area contributed by atoms with Crippen LogP contribution in [0.5, 0.6) is 0 Å². The van der Waals surface area contributed by atoms with Crippen LogP contribution in [0.15, 0.2) is 61.1 Å². The molecule has 3 N–H and O–H groups in total. The smallest absolute Gasteiger partial charge is 0.253 e. The Hall–Kier alpha value is -4.07. The van der Waals surface area contributed by atoms with Gasteiger partial charge in [-0.2, -0.15) is 0 Å². The van der Waals surface area contributed by atoms with Crippen LogP contribution in [0.2, 0.25) is 0 Å². The van der Waals surface area contributed by atoms with Crippen LogP contribution in [0, 0.1) is 11.7 Å². The molecular weight excluding hydrogens is 421 g/mol. The maximum Gasteiger partial charge on any atom is 0.253 e. The summed E-state index contributed by atoms with van der Waals surface area (Å²) >= 11 is 0. The van der Waals surface area contributed by atoms with Crippen LogP contribution in [0.3, 0.4) is 0 Å². The highest BCUT2D eigenvalue weighted by Crippen LogP contribution is 2.30. The van der Waals surface area contributed by atoms with Gasteiger partial charge in [0.2, 0.25) is 11.9 Å².